The summed E-state index contributed by atoms with van der Waals surface area (Å²) >= 11 is 0. The Kier molecular flexibility index (Phi) is 9.82. The van der Waals surface area contributed by atoms with Crippen LogP contribution in [0, 0.1) is 0 Å². The number of piperidine rings is 2. The highest BCUT2D eigenvalue weighted by Gasteiger charge is 2.40. The lowest BCUT2D eigenvalue weighted by Gasteiger charge is -2.50. The molecule has 4 atom stereocenters. The lowest BCUT2D eigenvalue weighted by Crippen LogP contribution is -2.58. The second kappa shape index (κ2) is 11.9. The van der Waals surface area contributed by atoms with Crippen LogP contribution < -0.4 is 0 Å². The number of allylic oxidation sites excluding steroid dienone is 3. The molecule has 0 aromatic rings. The van der Waals surface area contributed by atoms with Gasteiger partial charge < -0.3 is 9.47 Å². The third-order valence-corrected chi connectivity index (χ3v) is 5.84. The highest BCUT2D eigenvalue weighted by atomic mass is 16.7. The second-order valence-corrected chi connectivity index (χ2v) is 7.69. The van der Waals surface area contributed by atoms with E-state index in [2.05, 4.69) is 43.1 Å². The molecule has 0 aliphatic carbocycles. The molecule has 2 heterocycles. The zero-order valence-corrected chi connectivity index (χ0v) is 16.7. The van der Waals surface area contributed by atoms with Gasteiger partial charge in [-0.1, -0.05) is 56.9 Å². The molecule has 2 rings (SSSR count). The third kappa shape index (κ3) is 6.54. The van der Waals surface area contributed by atoms with Crippen molar-refractivity contribution in [3.05, 3.63) is 24.3 Å². The maximum absolute atomic E-state index is 5.93. The summed E-state index contributed by atoms with van der Waals surface area (Å²) in [4.78, 5) is 2.72. The predicted molar refractivity (Wildman–Crippen MR) is 106 cm³/mol. The Hall–Kier alpha value is -0.640. The van der Waals surface area contributed by atoms with Gasteiger partial charge in [-0.3, -0.25) is 4.90 Å². The van der Waals surface area contributed by atoms with Crippen molar-refractivity contribution < 1.29 is 9.47 Å². The fourth-order valence-electron chi connectivity index (χ4n) is 4.48. The van der Waals surface area contributed by atoms with E-state index >= 15 is 0 Å². The smallest absolute Gasteiger partial charge is 0.146 e. The molecule has 144 valence electrons. The molecule has 0 bridgehead atoms. The maximum atomic E-state index is 5.93. The fraction of sp³-hybridized carbons (Fsp3) is 0.818. The summed E-state index contributed by atoms with van der Waals surface area (Å²) in [6.07, 6.45) is 22.6. The number of fused-ring (bicyclic) bond motifs is 1. The Morgan fingerprint density at radius 3 is 2.72 bits per heavy atom. The normalized spacial score (nSPS) is 31.0. The molecule has 0 aromatic carbocycles. The Morgan fingerprint density at radius 1 is 1.04 bits per heavy atom. The van der Waals surface area contributed by atoms with E-state index in [0.717, 1.165) is 6.04 Å². The van der Waals surface area contributed by atoms with Gasteiger partial charge in [-0.25, -0.2) is 0 Å². The van der Waals surface area contributed by atoms with Crippen LogP contribution in [0.1, 0.15) is 78.1 Å². The molecular weight excluding hydrogens is 310 g/mol. The van der Waals surface area contributed by atoms with Crippen molar-refractivity contribution in [2.24, 2.45) is 0 Å². The van der Waals surface area contributed by atoms with Gasteiger partial charge in [-0.2, -0.15) is 0 Å². The van der Waals surface area contributed by atoms with Crippen LogP contribution in [0.15, 0.2) is 24.3 Å². The summed E-state index contributed by atoms with van der Waals surface area (Å²) in [5, 5.41) is 0. The van der Waals surface area contributed by atoms with E-state index in [1.54, 1.807) is 7.11 Å². The van der Waals surface area contributed by atoms with Crippen LogP contribution >= 0.6 is 0 Å². The molecule has 25 heavy (non-hydrogen) atoms. The van der Waals surface area contributed by atoms with Gasteiger partial charge in [0.1, 0.15) is 6.79 Å². The molecule has 2 aliphatic rings. The van der Waals surface area contributed by atoms with Crippen molar-refractivity contribution in [3.63, 3.8) is 0 Å². The zero-order chi connectivity index (χ0) is 17.9. The first-order chi connectivity index (χ1) is 12.3. The van der Waals surface area contributed by atoms with E-state index in [4.69, 9.17) is 9.47 Å². The van der Waals surface area contributed by atoms with Crippen LogP contribution in [-0.2, 0) is 9.47 Å². The number of methoxy groups -OCH3 is 1. The summed E-state index contributed by atoms with van der Waals surface area (Å²) < 4.78 is 11.0. The number of rotatable bonds is 10. The molecule has 0 N–H and O–H groups in total. The largest absolute Gasteiger partial charge is 0.359 e. The van der Waals surface area contributed by atoms with Crippen molar-refractivity contribution in [2.75, 3.05) is 13.9 Å². The zero-order valence-electron chi connectivity index (χ0n) is 16.7. The first-order valence-corrected chi connectivity index (χ1v) is 10.5. The highest BCUT2D eigenvalue weighted by molar-refractivity contribution is 5.10. The molecule has 0 amide bonds. The van der Waals surface area contributed by atoms with Gasteiger partial charge in [0.2, 0.25) is 0 Å². The van der Waals surface area contributed by atoms with Crippen molar-refractivity contribution >= 4 is 0 Å². The van der Waals surface area contributed by atoms with Gasteiger partial charge in [-0.15, -0.1) is 0 Å². The van der Waals surface area contributed by atoms with Crippen molar-refractivity contribution in [1.29, 1.82) is 0 Å². The summed E-state index contributed by atoms with van der Waals surface area (Å²) in [6, 6.07) is 1.77. The Labute approximate surface area is 155 Å². The van der Waals surface area contributed by atoms with E-state index in [1.165, 1.54) is 64.2 Å². The lowest BCUT2D eigenvalue weighted by molar-refractivity contribution is -0.131. The van der Waals surface area contributed by atoms with Gasteiger partial charge in [-0.05, 0) is 45.4 Å². The van der Waals surface area contributed by atoms with Gasteiger partial charge >= 0.3 is 0 Å². The molecule has 2 saturated heterocycles. The molecule has 0 aromatic heterocycles. The first-order valence-electron chi connectivity index (χ1n) is 10.5. The summed E-state index contributed by atoms with van der Waals surface area (Å²) in [5.74, 6) is 0. The molecular formula is C22H39NO2. The molecule has 2 fully saturated rings. The van der Waals surface area contributed by atoms with Crippen molar-refractivity contribution in [1.82, 2.24) is 4.90 Å². The molecule has 0 radical (unpaired) electrons. The summed E-state index contributed by atoms with van der Waals surface area (Å²) in [6.45, 7) is 5.01. The average Bonchev–Trinajstić information content (AvgIpc) is 2.63. The number of unbranched alkanes of at least 4 members (excludes halogenated alkanes) is 4. The average molecular weight is 350 g/mol. The summed E-state index contributed by atoms with van der Waals surface area (Å²) in [7, 11) is 1.71. The van der Waals surface area contributed by atoms with E-state index < -0.39 is 0 Å². The van der Waals surface area contributed by atoms with Crippen LogP contribution in [0.25, 0.3) is 0 Å². The predicted octanol–water partition coefficient (Wildman–Crippen LogP) is 5.46. The molecule has 3 nitrogen and oxygen atoms in total. The first kappa shape index (κ1) is 20.7. The quantitative estimate of drug-likeness (QED) is 0.297. The Bertz CT molecular complexity index is 407. The van der Waals surface area contributed by atoms with Gasteiger partial charge in [0.25, 0.3) is 0 Å². The van der Waals surface area contributed by atoms with Crippen LogP contribution in [0.4, 0.5) is 0 Å². The van der Waals surface area contributed by atoms with E-state index in [0.29, 0.717) is 25.0 Å². The molecule has 3 heteroatoms. The van der Waals surface area contributed by atoms with E-state index in [1.807, 2.05) is 0 Å². The third-order valence-electron chi connectivity index (χ3n) is 5.84. The Balaban J connectivity index is 1.84. The standard InChI is InChI=1S/C22H39NO2/c1-4-5-6-7-8-9-10-11-13-20-14-12-15-21-16-17-22(25-18-24-3)19(2)23(20)21/h9-11,13,19-22H,4-8,12,14-18H2,1-3H3/b10-9+,13-11+/t19-,20+,21-,22+/m0/s1. The van der Waals surface area contributed by atoms with Gasteiger partial charge in [0, 0.05) is 25.2 Å². The van der Waals surface area contributed by atoms with Crippen LogP contribution in [0.2, 0.25) is 0 Å². The van der Waals surface area contributed by atoms with Gasteiger partial charge in [0.15, 0.2) is 0 Å². The minimum atomic E-state index is 0.305. The lowest BCUT2D eigenvalue weighted by atomic mass is 9.84. The molecule has 0 saturated carbocycles. The number of hydrogen-bond acceptors (Lipinski definition) is 3. The highest BCUT2D eigenvalue weighted by Crippen LogP contribution is 2.35. The van der Waals surface area contributed by atoms with Crippen molar-refractivity contribution in [2.45, 2.75) is 102 Å². The number of hydrogen-bond donors (Lipinski definition) is 0. The molecule has 0 unspecified atom stereocenters. The molecule has 2 aliphatic heterocycles. The van der Waals surface area contributed by atoms with Crippen LogP contribution in [-0.4, -0.2) is 43.0 Å². The van der Waals surface area contributed by atoms with Crippen molar-refractivity contribution in [3.8, 4) is 0 Å². The van der Waals surface area contributed by atoms with Crippen LogP contribution in [0.5, 0.6) is 0 Å². The fourth-order valence-corrected chi connectivity index (χ4v) is 4.48. The number of nitrogens with zero attached hydrogens (tertiary/aromatic N) is 1. The Morgan fingerprint density at radius 2 is 1.92 bits per heavy atom. The SMILES string of the molecule is CCCCCC/C=C/C=C/[C@@H]1CCC[C@H]2CC[C@@H](OCOC)[C@H](C)N21. The summed E-state index contributed by atoms with van der Waals surface area (Å²) in [5.41, 5.74) is 0. The maximum Gasteiger partial charge on any atom is 0.146 e. The van der Waals surface area contributed by atoms with Gasteiger partial charge in [0.05, 0.1) is 6.10 Å². The molecule has 0 spiro atoms. The minimum absolute atomic E-state index is 0.305. The minimum Gasteiger partial charge on any atom is -0.359 e. The monoisotopic (exact) mass is 349 g/mol. The topological polar surface area (TPSA) is 21.7 Å². The second-order valence-electron chi connectivity index (χ2n) is 7.69. The van der Waals surface area contributed by atoms with E-state index in [9.17, 15) is 0 Å². The number of ether oxygens (including phenoxy) is 2. The van der Waals surface area contributed by atoms with E-state index in [-0.39, 0.29) is 0 Å². The van der Waals surface area contributed by atoms with Crippen LogP contribution in [0.3, 0.4) is 0 Å².